The number of ether oxygens (including phenoxy) is 1. The molecule has 0 aliphatic rings. The standard InChI is InChI=1S/C15H18F3O6P/c1-3-23-25(21,24-4-2)10-22-12-7-5-11(6-8-12)13(19)9-14(20)15(16,17)18/h5-9,19H,3-4,10H2,1-2H3. The summed E-state index contributed by atoms with van der Waals surface area (Å²) in [6.45, 7) is 3.65. The van der Waals surface area contributed by atoms with Gasteiger partial charge in [0, 0.05) is 11.6 Å². The lowest BCUT2D eigenvalue weighted by Crippen LogP contribution is -2.20. The van der Waals surface area contributed by atoms with Gasteiger partial charge in [-0.05, 0) is 38.1 Å². The average Bonchev–Trinajstić information content (AvgIpc) is 2.53. The van der Waals surface area contributed by atoms with E-state index in [0.717, 1.165) is 0 Å². The monoisotopic (exact) mass is 382 g/mol. The van der Waals surface area contributed by atoms with Crippen molar-refractivity contribution < 1.29 is 41.4 Å². The van der Waals surface area contributed by atoms with Gasteiger partial charge in [0.2, 0.25) is 0 Å². The van der Waals surface area contributed by atoms with Crippen LogP contribution in [0, 0.1) is 0 Å². The fraction of sp³-hybridized carbons (Fsp3) is 0.400. The number of aliphatic hydroxyl groups excluding tert-OH is 1. The molecule has 0 amide bonds. The molecule has 10 heteroatoms. The molecule has 0 saturated carbocycles. The van der Waals surface area contributed by atoms with Crippen LogP contribution in [-0.2, 0) is 18.4 Å². The van der Waals surface area contributed by atoms with Gasteiger partial charge < -0.3 is 18.9 Å². The van der Waals surface area contributed by atoms with Crippen LogP contribution in [0.4, 0.5) is 13.2 Å². The number of allylic oxidation sites excluding steroid dienone is 1. The van der Waals surface area contributed by atoms with E-state index in [4.69, 9.17) is 13.8 Å². The van der Waals surface area contributed by atoms with Gasteiger partial charge in [0.1, 0.15) is 11.5 Å². The fourth-order valence-corrected chi connectivity index (χ4v) is 2.99. The molecule has 25 heavy (non-hydrogen) atoms. The van der Waals surface area contributed by atoms with Crippen LogP contribution in [0.3, 0.4) is 0 Å². The summed E-state index contributed by atoms with van der Waals surface area (Å²) in [6.07, 6.45) is -5.31. The molecule has 0 fully saturated rings. The van der Waals surface area contributed by atoms with Gasteiger partial charge in [-0.3, -0.25) is 9.36 Å². The lowest BCUT2D eigenvalue weighted by molar-refractivity contribution is -0.165. The number of benzene rings is 1. The number of carbonyl (C=O) groups excluding carboxylic acids is 1. The number of hydrogen-bond donors (Lipinski definition) is 1. The Bertz CT molecular complexity index is 644. The summed E-state index contributed by atoms with van der Waals surface area (Å²) in [5, 5.41) is 9.56. The first-order valence-electron chi connectivity index (χ1n) is 7.24. The van der Waals surface area contributed by atoms with Gasteiger partial charge in [-0.1, -0.05) is 0 Å². The predicted molar refractivity (Wildman–Crippen MR) is 84.5 cm³/mol. The summed E-state index contributed by atoms with van der Waals surface area (Å²) >= 11 is 0. The molecule has 0 aliphatic heterocycles. The Hall–Kier alpha value is -1.83. The van der Waals surface area contributed by atoms with Gasteiger partial charge in [-0.15, -0.1) is 0 Å². The zero-order valence-electron chi connectivity index (χ0n) is 13.6. The summed E-state index contributed by atoms with van der Waals surface area (Å²) in [5.41, 5.74) is -0.0113. The van der Waals surface area contributed by atoms with E-state index in [-0.39, 0.29) is 37.0 Å². The molecule has 0 atom stereocenters. The highest BCUT2D eigenvalue weighted by atomic mass is 31.2. The van der Waals surface area contributed by atoms with Crippen molar-refractivity contribution in [2.45, 2.75) is 20.0 Å². The molecule has 0 aromatic heterocycles. The summed E-state index contributed by atoms with van der Waals surface area (Å²) in [7, 11) is -3.41. The summed E-state index contributed by atoms with van der Waals surface area (Å²) in [4.78, 5) is 10.8. The molecular weight excluding hydrogens is 364 g/mol. The second-order valence-electron chi connectivity index (χ2n) is 4.64. The van der Waals surface area contributed by atoms with Crippen molar-refractivity contribution in [3.63, 3.8) is 0 Å². The van der Waals surface area contributed by atoms with Gasteiger partial charge >= 0.3 is 13.8 Å². The molecule has 0 spiro atoms. The number of ketones is 1. The zero-order valence-corrected chi connectivity index (χ0v) is 14.5. The van der Waals surface area contributed by atoms with Crippen LogP contribution in [0.15, 0.2) is 30.3 Å². The molecule has 1 rings (SSSR count). The lowest BCUT2D eigenvalue weighted by Gasteiger charge is -2.17. The smallest absolute Gasteiger partial charge is 0.454 e. The zero-order chi connectivity index (χ0) is 19.1. The number of aliphatic hydroxyl groups is 1. The normalized spacial score (nSPS) is 12.9. The van der Waals surface area contributed by atoms with Crippen LogP contribution in [0.25, 0.3) is 5.76 Å². The second kappa shape index (κ2) is 9.03. The fourth-order valence-electron chi connectivity index (χ4n) is 1.67. The molecular formula is C15H18F3O6P. The topological polar surface area (TPSA) is 82.1 Å². The Kier molecular flexibility index (Phi) is 7.66. The van der Waals surface area contributed by atoms with Gasteiger partial charge in [0.15, 0.2) is 6.35 Å². The van der Waals surface area contributed by atoms with E-state index in [2.05, 4.69) is 0 Å². The highest BCUT2D eigenvalue weighted by Crippen LogP contribution is 2.47. The van der Waals surface area contributed by atoms with E-state index in [1.807, 2.05) is 0 Å². The Morgan fingerprint density at radius 3 is 2.12 bits per heavy atom. The first kappa shape index (κ1) is 21.2. The van der Waals surface area contributed by atoms with Gasteiger partial charge in [0.25, 0.3) is 5.78 Å². The maximum absolute atomic E-state index is 12.2. The minimum absolute atomic E-state index is 0.0113. The Morgan fingerprint density at radius 2 is 1.68 bits per heavy atom. The van der Waals surface area contributed by atoms with E-state index in [1.54, 1.807) is 13.8 Å². The quantitative estimate of drug-likeness (QED) is 0.389. The largest absolute Gasteiger partial charge is 0.507 e. The first-order chi connectivity index (χ1) is 11.6. The molecule has 1 aromatic rings. The Morgan fingerprint density at radius 1 is 1.16 bits per heavy atom. The first-order valence-corrected chi connectivity index (χ1v) is 8.97. The third-order valence-electron chi connectivity index (χ3n) is 2.74. The third-order valence-corrected chi connectivity index (χ3v) is 4.49. The molecule has 0 heterocycles. The highest BCUT2D eigenvalue weighted by Gasteiger charge is 2.37. The highest BCUT2D eigenvalue weighted by molar-refractivity contribution is 7.53. The van der Waals surface area contributed by atoms with Crippen LogP contribution < -0.4 is 4.74 Å². The molecule has 6 nitrogen and oxygen atoms in total. The van der Waals surface area contributed by atoms with Crippen molar-refractivity contribution in [2.24, 2.45) is 0 Å². The van der Waals surface area contributed by atoms with E-state index < -0.39 is 25.3 Å². The molecule has 140 valence electrons. The van der Waals surface area contributed by atoms with E-state index in [1.165, 1.54) is 24.3 Å². The number of alkyl halides is 3. The van der Waals surface area contributed by atoms with Crippen molar-refractivity contribution in [1.82, 2.24) is 0 Å². The van der Waals surface area contributed by atoms with E-state index in [9.17, 15) is 27.6 Å². The molecule has 0 saturated heterocycles. The number of halogens is 3. The Balaban J connectivity index is 2.78. The Labute approximate surface area is 142 Å². The molecule has 1 aromatic carbocycles. The van der Waals surface area contributed by atoms with Crippen molar-refractivity contribution >= 4 is 19.1 Å². The van der Waals surface area contributed by atoms with Crippen LogP contribution in [0.5, 0.6) is 5.75 Å². The van der Waals surface area contributed by atoms with E-state index in [0.29, 0.717) is 0 Å². The van der Waals surface area contributed by atoms with Gasteiger partial charge in [0.05, 0.1) is 13.2 Å². The molecule has 1 N–H and O–H groups in total. The summed E-state index contributed by atoms with van der Waals surface area (Å²) < 4.78 is 64.0. The average molecular weight is 382 g/mol. The van der Waals surface area contributed by atoms with Crippen LogP contribution in [0.2, 0.25) is 0 Å². The summed E-state index contributed by atoms with van der Waals surface area (Å²) in [5.74, 6) is -2.76. The van der Waals surface area contributed by atoms with Gasteiger partial charge in [-0.25, -0.2) is 0 Å². The number of carbonyl (C=O) groups is 1. The van der Waals surface area contributed by atoms with E-state index >= 15 is 0 Å². The number of rotatable bonds is 9. The third kappa shape index (κ3) is 6.89. The van der Waals surface area contributed by atoms with Crippen LogP contribution in [0.1, 0.15) is 19.4 Å². The maximum atomic E-state index is 12.2. The van der Waals surface area contributed by atoms with Crippen molar-refractivity contribution in [3.05, 3.63) is 35.9 Å². The van der Waals surface area contributed by atoms with Crippen LogP contribution in [-0.4, -0.2) is 36.6 Å². The minimum atomic E-state index is -5.06. The van der Waals surface area contributed by atoms with Crippen LogP contribution >= 0.6 is 7.60 Å². The maximum Gasteiger partial charge on any atom is 0.454 e. The SMILES string of the molecule is CCOP(=O)(COc1ccc(C(O)=CC(=O)C(F)(F)F)cc1)OCC. The van der Waals surface area contributed by atoms with Crippen molar-refractivity contribution in [2.75, 3.05) is 19.6 Å². The lowest BCUT2D eigenvalue weighted by atomic mass is 10.1. The summed E-state index contributed by atoms with van der Waals surface area (Å²) in [6, 6.07) is 5.16. The molecule has 0 aliphatic carbocycles. The minimum Gasteiger partial charge on any atom is -0.507 e. The second-order valence-corrected chi connectivity index (χ2v) is 6.63. The molecule has 0 unspecified atom stereocenters. The van der Waals surface area contributed by atoms with Gasteiger partial charge in [-0.2, -0.15) is 13.2 Å². The molecule has 0 bridgehead atoms. The predicted octanol–water partition coefficient (Wildman–Crippen LogP) is 4.32. The van der Waals surface area contributed by atoms with Crippen molar-refractivity contribution in [3.8, 4) is 5.75 Å². The molecule has 0 radical (unpaired) electrons. The van der Waals surface area contributed by atoms with Crippen molar-refractivity contribution in [1.29, 1.82) is 0 Å². The number of hydrogen-bond acceptors (Lipinski definition) is 6.